The molecule has 0 spiro atoms. The predicted octanol–water partition coefficient (Wildman–Crippen LogP) is 5.82. The van der Waals surface area contributed by atoms with Gasteiger partial charge < -0.3 is 5.11 Å². The largest absolute Gasteiger partial charge is 0.478 e. The number of carboxylic acid groups (broad SMARTS) is 1. The van der Waals surface area contributed by atoms with E-state index in [1.165, 1.54) is 16.7 Å². The Labute approximate surface area is 159 Å². The Kier molecular flexibility index (Phi) is 5.54. The molecule has 27 heavy (non-hydrogen) atoms. The third-order valence-electron chi connectivity index (χ3n) is 4.35. The third kappa shape index (κ3) is 4.54. The number of allylic oxidation sites excluding steroid dienone is 2. The minimum absolute atomic E-state index is 0.263. The van der Waals surface area contributed by atoms with Crippen molar-refractivity contribution in [2.75, 3.05) is 0 Å². The Bertz CT molecular complexity index is 1040. The van der Waals surface area contributed by atoms with E-state index in [-0.39, 0.29) is 5.56 Å². The maximum absolute atomic E-state index is 10.9. The highest BCUT2D eigenvalue weighted by molar-refractivity contribution is 5.87. The van der Waals surface area contributed by atoms with Crippen molar-refractivity contribution >= 4 is 11.5 Å². The summed E-state index contributed by atoms with van der Waals surface area (Å²) in [7, 11) is 0. The van der Waals surface area contributed by atoms with E-state index < -0.39 is 5.97 Å². The normalized spacial score (nSPS) is 10.8. The molecule has 2 nitrogen and oxygen atoms in total. The average Bonchev–Trinajstić information content (AvgIpc) is 2.69. The molecule has 0 saturated carbocycles. The van der Waals surface area contributed by atoms with Gasteiger partial charge in [0.05, 0.1) is 5.56 Å². The fourth-order valence-electron chi connectivity index (χ4n) is 2.81. The van der Waals surface area contributed by atoms with Crippen LogP contribution >= 0.6 is 0 Å². The molecule has 0 aliphatic rings. The second-order valence-corrected chi connectivity index (χ2v) is 6.39. The maximum Gasteiger partial charge on any atom is 0.335 e. The Morgan fingerprint density at radius 3 is 2.26 bits per heavy atom. The van der Waals surface area contributed by atoms with Gasteiger partial charge in [0, 0.05) is 5.56 Å². The van der Waals surface area contributed by atoms with Crippen molar-refractivity contribution in [3.8, 4) is 23.0 Å². The van der Waals surface area contributed by atoms with E-state index in [9.17, 15) is 4.79 Å². The van der Waals surface area contributed by atoms with Crippen molar-refractivity contribution in [2.45, 2.75) is 13.8 Å². The Hall–Kier alpha value is -3.57. The summed E-state index contributed by atoms with van der Waals surface area (Å²) in [6.07, 6.45) is 1.90. The summed E-state index contributed by atoms with van der Waals surface area (Å²) in [5, 5.41) is 8.94. The molecule has 2 heteroatoms. The standard InChI is InChI=1S/C25H20O2/c1-18-10-14-21(15-11-18)24-9-4-3-8-23(24)19(2)6-5-7-20-12-16-22(17-13-20)25(26)27/h3-4,6,8-17H,1-2H3,(H,26,27)/b19-6+. The highest BCUT2D eigenvalue weighted by Gasteiger charge is 2.05. The first kappa shape index (κ1) is 18.2. The molecule has 3 aromatic carbocycles. The molecule has 1 N–H and O–H groups in total. The summed E-state index contributed by atoms with van der Waals surface area (Å²) >= 11 is 0. The average molecular weight is 352 g/mol. The van der Waals surface area contributed by atoms with Crippen molar-refractivity contribution in [1.82, 2.24) is 0 Å². The molecule has 0 bridgehead atoms. The molecule has 0 unspecified atom stereocenters. The summed E-state index contributed by atoms with van der Waals surface area (Å²) in [5.74, 6) is 5.20. The van der Waals surface area contributed by atoms with Crippen LogP contribution in [0.4, 0.5) is 0 Å². The van der Waals surface area contributed by atoms with Crippen LogP contribution in [0.2, 0.25) is 0 Å². The smallest absolute Gasteiger partial charge is 0.335 e. The molecule has 0 aliphatic heterocycles. The Morgan fingerprint density at radius 2 is 1.59 bits per heavy atom. The van der Waals surface area contributed by atoms with Gasteiger partial charge in [-0.2, -0.15) is 0 Å². The molecule has 0 saturated heterocycles. The second kappa shape index (κ2) is 8.21. The topological polar surface area (TPSA) is 37.3 Å². The van der Waals surface area contributed by atoms with Gasteiger partial charge in [-0.1, -0.05) is 65.9 Å². The molecule has 3 rings (SSSR count). The van der Waals surface area contributed by atoms with E-state index in [0.29, 0.717) is 0 Å². The minimum Gasteiger partial charge on any atom is -0.478 e. The van der Waals surface area contributed by atoms with Crippen molar-refractivity contribution < 1.29 is 9.90 Å². The number of rotatable bonds is 3. The maximum atomic E-state index is 10.9. The number of hydrogen-bond acceptors (Lipinski definition) is 1. The van der Waals surface area contributed by atoms with Crippen LogP contribution in [0.3, 0.4) is 0 Å². The third-order valence-corrected chi connectivity index (χ3v) is 4.35. The van der Waals surface area contributed by atoms with Gasteiger partial charge in [0.2, 0.25) is 0 Å². The van der Waals surface area contributed by atoms with Gasteiger partial charge in [-0.25, -0.2) is 4.79 Å². The van der Waals surface area contributed by atoms with Gasteiger partial charge in [-0.05, 0) is 66.5 Å². The van der Waals surface area contributed by atoms with Crippen LogP contribution in [0, 0.1) is 18.8 Å². The van der Waals surface area contributed by atoms with Gasteiger partial charge in [0.25, 0.3) is 0 Å². The molecular weight excluding hydrogens is 332 g/mol. The van der Waals surface area contributed by atoms with Gasteiger partial charge >= 0.3 is 5.97 Å². The summed E-state index contributed by atoms with van der Waals surface area (Å²) in [6, 6.07) is 23.4. The fourth-order valence-corrected chi connectivity index (χ4v) is 2.81. The number of carbonyl (C=O) groups is 1. The summed E-state index contributed by atoms with van der Waals surface area (Å²) in [6.45, 7) is 4.13. The lowest BCUT2D eigenvalue weighted by Crippen LogP contribution is -1.94. The van der Waals surface area contributed by atoms with Gasteiger partial charge in [-0.3, -0.25) is 0 Å². The molecule has 0 aromatic heterocycles. The Morgan fingerprint density at radius 1 is 0.926 bits per heavy atom. The first-order valence-corrected chi connectivity index (χ1v) is 8.73. The highest BCUT2D eigenvalue weighted by atomic mass is 16.4. The van der Waals surface area contributed by atoms with Crippen LogP contribution in [0.1, 0.15) is 34.0 Å². The molecule has 3 aromatic rings. The monoisotopic (exact) mass is 352 g/mol. The lowest BCUT2D eigenvalue weighted by atomic mass is 9.94. The number of aromatic carboxylic acids is 1. The molecule has 0 aliphatic carbocycles. The van der Waals surface area contributed by atoms with Crippen molar-refractivity contribution in [1.29, 1.82) is 0 Å². The number of carboxylic acids is 1. The summed E-state index contributed by atoms with van der Waals surface area (Å²) in [4.78, 5) is 10.9. The van der Waals surface area contributed by atoms with Gasteiger partial charge in [0.1, 0.15) is 0 Å². The van der Waals surface area contributed by atoms with E-state index in [0.717, 1.165) is 16.7 Å². The summed E-state index contributed by atoms with van der Waals surface area (Å²) in [5.41, 5.74) is 6.89. The van der Waals surface area contributed by atoms with E-state index in [4.69, 9.17) is 5.11 Å². The van der Waals surface area contributed by atoms with Gasteiger partial charge in [0.15, 0.2) is 0 Å². The SMILES string of the molecule is C/C(=C\C#Cc1ccc(C(=O)O)cc1)c1ccccc1-c1ccc(C)cc1. The number of benzene rings is 3. The van der Waals surface area contributed by atoms with Crippen molar-refractivity contribution in [2.24, 2.45) is 0 Å². The van der Waals surface area contributed by atoms with E-state index in [1.807, 2.05) is 18.2 Å². The number of aryl methyl sites for hydroxylation is 1. The minimum atomic E-state index is -0.932. The predicted molar refractivity (Wildman–Crippen MR) is 111 cm³/mol. The summed E-state index contributed by atoms with van der Waals surface area (Å²) < 4.78 is 0. The van der Waals surface area contributed by atoms with E-state index in [1.54, 1.807) is 24.3 Å². The van der Waals surface area contributed by atoms with Crippen molar-refractivity contribution in [3.63, 3.8) is 0 Å². The van der Waals surface area contributed by atoms with Crippen LogP contribution < -0.4 is 0 Å². The van der Waals surface area contributed by atoms with Gasteiger partial charge in [-0.15, -0.1) is 0 Å². The molecule has 0 fully saturated rings. The first-order chi connectivity index (χ1) is 13.0. The van der Waals surface area contributed by atoms with Crippen molar-refractivity contribution in [3.05, 3.63) is 101 Å². The van der Waals surface area contributed by atoms with Crippen LogP contribution in [-0.2, 0) is 0 Å². The fraction of sp³-hybridized carbons (Fsp3) is 0.0800. The van der Waals surface area contributed by atoms with Crippen LogP contribution in [0.25, 0.3) is 16.7 Å². The zero-order valence-corrected chi connectivity index (χ0v) is 15.4. The lowest BCUT2D eigenvalue weighted by Gasteiger charge is -2.10. The van der Waals surface area contributed by atoms with Crippen LogP contribution in [-0.4, -0.2) is 11.1 Å². The quantitative estimate of drug-likeness (QED) is 0.604. The molecule has 0 heterocycles. The lowest BCUT2D eigenvalue weighted by molar-refractivity contribution is 0.0697. The van der Waals surface area contributed by atoms with Crippen LogP contribution in [0.5, 0.6) is 0 Å². The Balaban J connectivity index is 1.87. The number of hydrogen-bond donors (Lipinski definition) is 1. The zero-order chi connectivity index (χ0) is 19.2. The molecular formula is C25H20O2. The molecule has 132 valence electrons. The highest BCUT2D eigenvalue weighted by Crippen LogP contribution is 2.28. The molecule has 0 atom stereocenters. The van der Waals surface area contributed by atoms with E-state index >= 15 is 0 Å². The molecule has 0 radical (unpaired) electrons. The molecule has 0 amide bonds. The first-order valence-electron chi connectivity index (χ1n) is 8.73. The van der Waals surface area contributed by atoms with Crippen LogP contribution in [0.15, 0.2) is 78.9 Å². The second-order valence-electron chi connectivity index (χ2n) is 6.39. The zero-order valence-electron chi connectivity index (χ0n) is 15.4. The van der Waals surface area contributed by atoms with E-state index in [2.05, 4.69) is 62.1 Å².